The molecule has 0 amide bonds. The Morgan fingerprint density at radius 3 is 2.22 bits per heavy atom. The summed E-state index contributed by atoms with van der Waals surface area (Å²) in [6.07, 6.45) is 1.79. The van der Waals surface area contributed by atoms with E-state index in [9.17, 15) is 8.78 Å². The zero-order chi connectivity index (χ0) is 16.6. The van der Waals surface area contributed by atoms with E-state index in [-0.39, 0.29) is 0 Å². The van der Waals surface area contributed by atoms with Crippen LogP contribution in [-0.4, -0.2) is 4.98 Å². The number of rotatable bonds is 2. The molecule has 1 heterocycles. The van der Waals surface area contributed by atoms with Crippen molar-refractivity contribution < 1.29 is 13.3 Å². The van der Waals surface area contributed by atoms with Crippen molar-refractivity contribution in [3.8, 4) is 22.5 Å². The predicted octanol–water partition coefficient (Wildman–Crippen LogP) is 4.14. The van der Waals surface area contributed by atoms with Crippen molar-refractivity contribution in [2.24, 2.45) is 7.05 Å². The molecule has 2 nitrogen and oxygen atoms in total. The summed E-state index contributed by atoms with van der Waals surface area (Å²) < 4.78 is 28.8. The van der Waals surface area contributed by atoms with Gasteiger partial charge in [-0.25, -0.2) is 13.8 Å². The molecule has 23 heavy (non-hydrogen) atoms. The topological polar surface area (TPSA) is 16.8 Å². The van der Waals surface area contributed by atoms with Gasteiger partial charge in [-0.15, -0.1) is 0 Å². The van der Waals surface area contributed by atoms with Crippen LogP contribution < -0.4 is 4.57 Å². The van der Waals surface area contributed by atoms with Crippen molar-refractivity contribution in [2.75, 3.05) is 0 Å². The van der Waals surface area contributed by atoms with Crippen molar-refractivity contribution >= 4 is 0 Å². The highest BCUT2D eigenvalue weighted by Crippen LogP contribution is 2.25. The molecule has 4 heteroatoms. The molecule has 0 fully saturated rings. The molecule has 3 aromatic rings. The molecular formula is C19H17F2N2+. The Bertz CT molecular complexity index is 845. The highest BCUT2D eigenvalue weighted by Gasteiger charge is 2.19. The molecule has 0 aliphatic carbocycles. The van der Waals surface area contributed by atoms with Crippen molar-refractivity contribution in [1.82, 2.24) is 4.98 Å². The van der Waals surface area contributed by atoms with Crippen LogP contribution in [0.5, 0.6) is 0 Å². The third-order valence-corrected chi connectivity index (χ3v) is 3.86. The van der Waals surface area contributed by atoms with E-state index >= 15 is 0 Å². The lowest BCUT2D eigenvalue weighted by atomic mass is 10.0. The van der Waals surface area contributed by atoms with E-state index < -0.39 is 11.6 Å². The van der Waals surface area contributed by atoms with E-state index in [2.05, 4.69) is 4.98 Å². The molecule has 0 unspecified atom stereocenters. The Labute approximate surface area is 134 Å². The fraction of sp³-hybridized carbons (Fsp3) is 0.158. The molecule has 0 N–H and O–H groups in total. The quantitative estimate of drug-likeness (QED) is 0.650. The molecular weight excluding hydrogens is 294 g/mol. The highest BCUT2D eigenvalue weighted by atomic mass is 19.1. The van der Waals surface area contributed by atoms with Gasteiger partial charge in [0.25, 0.3) is 0 Å². The van der Waals surface area contributed by atoms with Crippen molar-refractivity contribution in [3.63, 3.8) is 0 Å². The van der Waals surface area contributed by atoms with E-state index in [1.165, 1.54) is 12.1 Å². The van der Waals surface area contributed by atoms with Crippen molar-refractivity contribution in [3.05, 3.63) is 71.6 Å². The summed E-state index contributed by atoms with van der Waals surface area (Å²) in [5.41, 5.74) is 5.01. The Balaban J connectivity index is 2.16. The van der Waals surface area contributed by atoms with Crippen molar-refractivity contribution in [1.29, 1.82) is 0 Å². The second kappa shape index (κ2) is 5.88. The van der Waals surface area contributed by atoms with E-state index in [4.69, 9.17) is 0 Å². The first-order chi connectivity index (χ1) is 11.0. The zero-order valence-corrected chi connectivity index (χ0v) is 13.3. The summed E-state index contributed by atoms with van der Waals surface area (Å²) in [5, 5.41) is 0. The van der Waals surface area contributed by atoms with Crippen LogP contribution in [0.25, 0.3) is 22.5 Å². The molecule has 0 aliphatic heterocycles. The summed E-state index contributed by atoms with van der Waals surface area (Å²) in [4.78, 5) is 4.55. The van der Waals surface area contributed by atoms with Gasteiger partial charge >= 0.3 is 0 Å². The monoisotopic (exact) mass is 311 g/mol. The second-order valence-electron chi connectivity index (χ2n) is 5.64. The number of aryl methyl sites for hydroxylation is 3. The number of hydrogen-bond donors (Lipinski definition) is 0. The Kier molecular flexibility index (Phi) is 3.90. The van der Waals surface area contributed by atoms with Gasteiger partial charge in [-0.1, -0.05) is 18.2 Å². The highest BCUT2D eigenvalue weighted by molar-refractivity contribution is 5.65. The van der Waals surface area contributed by atoms with Crippen LogP contribution in [0.2, 0.25) is 0 Å². The van der Waals surface area contributed by atoms with Gasteiger partial charge in [0, 0.05) is 11.6 Å². The minimum absolute atomic E-state index is 0.428. The van der Waals surface area contributed by atoms with Crippen LogP contribution in [0.4, 0.5) is 8.78 Å². The summed E-state index contributed by atoms with van der Waals surface area (Å²) in [6, 6.07) is 11.5. The lowest BCUT2D eigenvalue weighted by molar-refractivity contribution is -0.660. The average molecular weight is 311 g/mol. The maximum atomic E-state index is 13.4. The van der Waals surface area contributed by atoms with E-state index in [1.54, 1.807) is 6.20 Å². The van der Waals surface area contributed by atoms with Crippen LogP contribution in [0, 0.1) is 25.5 Å². The first-order valence-corrected chi connectivity index (χ1v) is 7.35. The largest absolute Gasteiger partial charge is 0.240 e. The van der Waals surface area contributed by atoms with Gasteiger partial charge in [0.1, 0.15) is 30.1 Å². The Morgan fingerprint density at radius 1 is 0.957 bits per heavy atom. The van der Waals surface area contributed by atoms with Gasteiger partial charge in [-0.05, 0) is 37.6 Å². The number of halogens is 2. The fourth-order valence-corrected chi connectivity index (χ4v) is 2.83. The predicted molar refractivity (Wildman–Crippen MR) is 85.7 cm³/mol. The van der Waals surface area contributed by atoms with E-state index in [1.807, 2.05) is 49.7 Å². The first-order valence-electron chi connectivity index (χ1n) is 7.35. The number of benzene rings is 2. The lowest BCUT2D eigenvalue weighted by Gasteiger charge is -2.09. The van der Waals surface area contributed by atoms with Crippen LogP contribution in [0.15, 0.2) is 48.7 Å². The van der Waals surface area contributed by atoms with Crippen LogP contribution >= 0.6 is 0 Å². The normalized spacial score (nSPS) is 10.8. The summed E-state index contributed by atoms with van der Waals surface area (Å²) >= 11 is 0. The van der Waals surface area contributed by atoms with Crippen molar-refractivity contribution in [2.45, 2.75) is 13.8 Å². The molecule has 2 aromatic carbocycles. The lowest BCUT2D eigenvalue weighted by Crippen LogP contribution is -2.33. The third kappa shape index (κ3) is 2.97. The van der Waals surface area contributed by atoms with Gasteiger partial charge < -0.3 is 0 Å². The zero-order valence-electron chi connectivity index (χ0n) is 13.3. The maximum Gasteiger partial charge on any atom is 0.233 e. The third-order valence-electron chi connectivity index (χ3n) is 3.86. The van der Waals surface area contributed by atoms with Gasteiger partial charge in [-0.2, -0.15) is 4.57 Å². The molecule has 0 radical (unpaired) electrons. The summed E-state index contributed by atoms with van der Waals surface area (Å²) in [6.45, 7) is 3.95. The number of nitrogens with zero attached hydrogens (tertiary/aromatic N) is 2. The van der Waals surface area contributed by atoms with E-state index in [0.717, 1.165) is 28.6 Å². The molecule has 0 saturated carbocycles. The standard InChI is InChI=1S/C19H17F2N2/c1-12-6-4-5-7-17(12)19-13(2)22-18(11-23(19)3)14-8-15(20)10-16(21)9-14/h4-11H,1-3H3/q+1. The molecule has 0 bridgehead atoms. The average Bonchev–Trinajstić information content (AvgIpc) is 2.47. The van der Waals surface area contributed by atoms with Gasteiger partial charge in [0.15, 0.2) is 6.20 Å². The number of hydrogen-bond acceptors (Lipinski definition) is 1. The minimum atomic E-state index is -0.606. The Morgan fingerprint density at radius 2 is 1.61 bits per heavy atom. The van der Waals surface area contributed by atoms with Gasteiger partial charge in [0.2, 0.25) is 5.69 Å². The Hall–Kier alpha value is -2.62. The minimum Gasteiger partial charge on any atom is -0.240 e. The molecule has 0 atom stereocenters. The van der Waals surface area contributed by atoms with Crippen LogP contribution in [0.3, 0.4) is 0 Å². The van der Waals surface area contributed by atoms with E-state index in [0.29, 0.717) is 11.3 Å². The maximum absolute atomic E-state index is 13.4. The van der Waals surface area contributed by atoms with Crippen LogP contribution in [0.1, 0.15) is 11.3 Å². The first kappa shape index (κ1) is 15.3. The van der Waals surface area contributed by atoms with Gasteiger partial charge in [-0.3, -0.25) is 0 Å². The molecule has 3 rings (SSSR count). The second-order valence-corrected chi connectivity index (χ2v) is 5.64. The smallest absolute Gasteiger partial charge is 0.233 e. The molecule has 116 valence electrons. The van der Waals surface area contributed by atoms with Crippen LogP contribution in [-0.2, 0) is 7.05 Å². The summed E-state index contributed by atoms with van der Waals surface area (Å²) in [7, 11) is 1.91. The fourth-order valence-electron chi connectivity index (χ4n) is 2.83. The number of aromatic nitrogens is 2. The molecule has 0 spiro atoms. The molecule has 1 aromatic heterocycles. The summed E-state index contributed by atoms with van der Waals surface area (Å²) in [5.74, 6) is -1.21. The SMILES string of the molecule is Cc1ccccc1-c1c(C)nc(-c2cc(F)cc(F)c2)c[n+]1C. The molecule has 0 aliphatic rings. The van der Waals surface area contributed by atoms with Gasteiger partial charge in [0.05, 0.1) is 5.56 Å². The molecule has 0 saturated heterocycles.